The zero-order valence-electron chi connectivity index (χ0n) is 4.41. The highest BCUT2D eigenvalue weighted by molar-refractivity contribution is 6.36. The van der Waals surface area contributed by atoms with Gasteiger partial charge in [-0.2, -0.15) is 0 Å². The first kappa shape index (κ1) is 4.23. The van der Waals surface area contributed by atoms with Crippen LogP contribution in [0.3, 0.4) is 0 Å². The minimum atomic E-state index is 1.05. The van der Waals surface area contributed by atoms with Gasteiger partial charge in [0.05, 0.1) is 0 Å². The van der Waals surface area contributed by atoms with Crippen molar-refractivity contribution in [1.82, 2.24) is 0 Å². The highest BCUT2D eigenvalue weighted by Crippen LogP contribution is 2.18. The van der Waals surface area contributed by atoms with Crippen molar-refractivity contribution in [2.24, 2.45) is 5.92 Å². The molecule has 1 saturated heterocycles. The lowest BCUT2D eigenvalue weighted by molar-refractivity contribution is 0.658. The van der Waals surface area contributed by atoms with Crippen LogP contribution >= 0.6 is 0 Å². The first-order valence-corrected chi connectivity index (χ1v) is 2.89. The summed E-state index contributed by atoms with van der Waals surface area (Å²) in [5.74, 6) is 1.05. The van der Waals surface area contributed by atoms with Gasteiger partial charge in [-0.05, 0) is 0 Å². The molecule has 1 fully saturated rings. The van der Waals surface area contributed by atoms with Crippen LogP contribution in [0.25, 0.3) is 0 Å². The molecular formula is C5H11B. The molecule has 1 aliphatic heterocycles. The van der Waals surface area contributed by atoms with Crippen LogP contribution < -0.4 is 0 Å². The van der Waals surface area contributed by atoms with Gasteiger partial charge >= 0.3 is 0 Å². The standard InChI is InChI=1S/C5H11B/c1-5-2-3-6-4-5/h5-6H,2-4H2,1H3/t5-/m0/s1. The molecule has 6 heavy (non-hydrogen) atoms. The fourth-order valence-corrected chi connectivity index (χ4v) is 1.13. The third-order valence-corrected chi connectivity index (χ3v) is 1.64. The van der Waals surface area contributed by atoms with Gasteiger partial charge in [-0.25, -0.2) is 0 Å². The summed E-state index contributed by atoms with van der Waals surface area (Å²) >= 11 is 0. The summed E-state index contributed by atoms with van der Waals surface area (Å²) in [6.45, 7) is 2.34. The first-order valence-electron chi connectivity index (χ1n) is 2.89. The highest BCUT2D eigenvalue weighted by Gasteiger charge is 2.08. The summed E-state index contributed by atoms with van der Waals surface area (Å²) in [5, 5.41) is 0. The van der Waals surface area contributed by atoms with Crippen molar-refractivity contribution in [2.45, 2.75) is 26.0 Å². The smallest absolute Gasteiger partial charge is 0.0772 e. The Kier molecular flexibility index (Phi) is 1.18. The second-order valence-electron chi connectivity index (χ2n) is 2.39. The van der Waals surface area contributed by atoms with Crippen LogP contribution in [0.1, 0.15) is 13.3 Å². The maximum Gasteiger partial charge on any atom is 0.120 e. The van der Waals surface area contributed by atoms with E-state index in [1.807, 2.05) is 0 Å². The molecule has 0 aromatic rings. The van der Waals surface area contributed by atoms with E-state index in [-0.39, 0.29) is 0 Å². The van der Waals surface area contributed by atoms with Crippen molar-refractivity contribution in [1.29, 1.82) is 0 Å². The van der Waals surface area contributed by atoms with Gasteiger partial charge in [-0.15, -0.1) is 0 Å². The van der Waals surface area contributed by atoms with Crippen LogP contribution in [0.2, 0.25) is 12.6 Å². The molecule has 1 aliphatic rings. The highest BCUT2D eigenvalue weighted by atomic mass is 14.0. The largest absolute Gasteiger partial charge is 0.120 e. The topological polar surface area (TPSA) is 0 Å². The lowest BCUT2D eigenvalue weighted by Gasteiger charge is -1.92. The van der Waals surface area contributed by atoms with E-state index in [1.165, 1.54) is 26.3 Å². The summed E-state index contributed by atoms with van der Waals surface area (Å²) in [5.41, 5.74) is 0. The van der Waals surface area contributed by atoms with E-state index in [0.717, 1.165) is 5.92 Å². The molecule has 1 heterocycles. The van der Waals surface area contributed by atoms with E-state index in [2.05, 4.69) is 6.92 Å². The van der Waals surface area contributed by atoms with Crippen LogP contribution in [0, 0.1) is 5.92 Å². The van der Waals surface area contributed by atoms with Gasteiger partial charge in [0.1, 0.15) is 7.28 Å². The van der Waals surface area contributed by atoms with E-state index < -0.39 is 0 Å². The predicted octanol–water partition coefficient (Wildman–Crippen LogP) is 1.30. The second kappa shape index (κ2) is 1.68. The third kappa shape index (κ3) is 0.765. The average Bonchev–Trinajstić information content (AvgIpc) is 1.86. The maximum atomic E-state index is 2.34. The Morgan fingerprint density at radius 3 is 2.67 bits per heavy atom. The molecule has 1 heteroatoms. The average molecular weight is 82.0 g/mol. The number of hydrogen-bond donors (Lipinski definition) is 0. The van der Waals surface area contributed by atoms with Gasteiger partial charge in [0.15, 0.2) is 0 Å². The van der Waals surface area contributed by atoms with Crippen molar-refractivity contribution in [3.63, 3.8) is 0 Å². The zero-order valence-corrected chi connectivity index (χ0v) is 4.41. The van der Waals surface area contributed by atoms with Gasteiger partial charge in [0.2, 0.25) is 0 Å². The molecular weight excluding hydrogens is 70.9 g/mol. The summed E-state index contributed by atoms with van der Waals surface area (Å²) in [7, 11) is 1.49. The van der Waals surface area contributed by atoms with Crippen LogP contribution in [-0.2, 0) is 0 Å². The molecule has 0 spiro atoms. The Balaban J connectivity index is 2.18. The van der Waals surface area contributed by atoms with E-state index in [9.17, 15) is 0 Å². The van der Waals surface area contributed by atoms with Gasteiger partial charge in [0.25, 0.3) is 0 Å². The fourth-order valence-electron chi connectivity index (χ4n) is 1.13. The Morgan fingerprint density at radius 1 is 1.67 bits per heavy atom. The first-order chi connectivity index (χ1) is 2.89. The molecule has 0 radical (unpaired) electrons. The van der Waals surface area contributed by atoms with Crippen molar-refractivity contribution in [2.75, 3.05) is 0 Å². The van der Waals surface area contributed by atoms with E-state index in [1.54, 1.807) is 0 Å². The molecule has 0 saturated carbocycles. The lowest BCUT2D eigenvalue weighted by Crippen LogP contribution is -1.80. The van der Waals surface area contributed by atoms with Gasteiger partial charge in [-0.3, -0.25) is 0 Å². The minimum absolute atomic E-state index is 1.05. The summed E-state index contributed by atoms with van der Waals surface area (Å²) in [4.78, 5) is 0. The van der Waals surface area contributed by atoms with Crippen molar-refractivity contribution in [3.8, 4) is 0 Å². The second-order valence-corrected chi connectivity index (χ2v) is 2.39. The normalized spacial score (nSPS) is 33.2. The quantitative estimate of drug-likeness (QED) is 0.386. The summed E-state index contributed by atoms with van der Waals surface area (Å²) in [6.07, 6.45) is 4.46. The molecule has 0 aromatic heterocycles. The molecule has 0 aliphatic carbocycles. The van der Waals surface area contributed by atoms with E-state index in [0.29, 0.717) is 0 Å². The predicted molar refractivity (Wildman–Crippen MR) is 30.5 cm³/mol. The van der Waals surface area contributed by atoms with E-state index >= 15 is 0 Å². The molecule has 0 N–H and O–H groups in total. The van der Waals surface area contributed by atoms with Crippen molar-refractivity contribution >= 4 is 7.28 Å². The Labute approximate surface area is 40.2 Å². The third-order valence-electron chi connectivity index (χ3n) is 1.64. The van der Waals surface area contributed by atoms with Crippen molar-refractivity contribution in [3.05, 3.63) is 0 Å². The maximum absolute atomic E-state index is 2.34. The lowest BCUT2D eigenvalue weighted by atomic mass is 9.76. The molecule has 34 valence electrons. The Hall–Kier alpha value is 0.0649. The zero-order chi connectivity index (χ0) is 4.41. The van der Waals surface area contributed by atoms with E-state index in [4.69, 9.17) is 0 Å². The monoisotopic (exact) mass is 82.1 g/mol. The molecule has 0 amide bonds. The Morgan fingerprint density at radius 2 is 2.50 bits per heavy atom. The number of hydrogen-bond acceptors (Lipinski definition) is 0. The van der Waals surface area contributed by atoms with Crippen LogP contribution in [0.4, 0.5) is 0 Å². The molecule has 0 unspecified atom stereocenters. The summed E-state index contributed by atoms with van der Waals surface area (Å²) in [6, 6.07) is 0. The van der Waals surface area contributed by atoms with Crippen LogP contribution in [0.5, 0.6) is 0 Å². The van der Waals surface area contributed by atoms with Crippen LogP contribution in [0.15, 0.2) is 0 Å². The molecule has 0 nitrogen and oxygen atoms in total. The Bertz CT molecular complexity index is 37.2. The van der Waals surface area contributed by atoms with Gasteiger partial charge in [0, 0.05) is 0 Å². The number of rotatable bonds is 0. The fraction of sp³-hybridized carbons (Fsp3) is 1.00. The minimum Gasteiger partial charge on any atom is -0.0772 e. The molecule has 0 aromatic carbocycles. The summed E-state index contributed by atoms with van der Waals surface area (Å²) < 4.78 is 0. The van der Waals surface area contributed by atoms with Gasteiger partial charge < -0.3 is 0 Å². The SMILES string of the molecule is C[C@@H]1CBCC1. The molecule has 1 rings (SSSR count). The molecule has 1 atom stereocenters. The van der Waals surface area contributed by atoms with Crippen LogP contribution in [-0.4, -0.2) is 7.28 Å². The van der Waals surface area contributed by atoms with Crippen molar-refractivity contribution < 1.29 is 0 Å². The molecule has 0 bridgehead atoms. The van der Waals surface area contributed by atoms with Gasteiger partial charge in [-0.1, -0.05) is 31.9 Å².